The number of hydrogen-bond donors (Lipinski definition) is 4. The monoisotopic (exact) mass is 317 g/mol. The highest BCUT2D eigenvalue weighted by atomic mass is 31.2. The molecule has 5 N–H and O–H groups in total. The summed E-state index contributed by atoms with van der Waals surface area (Å²) in [5, 5.41) is 9.98. The number of rotatable bonds is 3. The number of fused-ring (bicyclic) bond motifs is 1. The second-order valence-electron chi connectivity index (χ2n) is 4.44. The van der Waals surface area contributed by atoms with Gasteiger partial charge in [-0.2, -0.15) is 0 Å². The fourth-order valence-electron chi connectivity index (χ4n) is 2.14. The molecule has 1 aliphatic rings. The lowest BCUT2D eigenvalue weighted by atomic mass is 10.2. The highest BCUT2D eigenvalue weighted by Crippen LogP contribution is 2.43. The van der Waals surface area contributed by atoms with Gasteiger partial charge in [-0.1, -0.05) is 0 Å². The van der Waals surface area contributed by atoms with Gasteiger partial charge in [0.25, 0.3) is 0 Å². The Kier molecular flexibility index (Phi) is 3.40. The first-order valence-electron chi connectivity index (χ1n) is 5.85. The molecule has 1 aliphatic heterocycles. The third-order valence-corrected chi connectivity index (χ3v) is 3.48. The standard InChI is InChI=1S/C9H12N5O6P/c10-7-6-8(12-2-11-7)14(3-13-6)9-4(15)1-5(19-9)20-21(16,17)18/h2-5,9,15H,1H2,(H2,10,11,12)(H2,16,17,18). The van der Waals surface area contributed by atoms with Crippen LogP contribution in [0, 0.1) is 0 Å². The predicted molar refractivity (Wildman–Crippen MR) is 67.4 cm³/mol. The van der Waals surface area contributed by atoms with Crippen LogP contribution in [-0.2, 0) is 13.8 Å². The minimum atomic E-state index is -4.71. The SMILES string of the molecule is Nc1ncnc2c1ncn2C1OC(OP(=O)(O)O)CC1O. The van der Waals surface area contributed by atoms with Gasteiger partial charge in [0.05, 0.1) is 6.33 Å². The van der Waals surface area contributed by atoms with E-state index in [4.69, 9.17) is 20.3 Å². The molecule has 12 heteroatoms. The lowest BCUT2D eigenvalue weighted by molar-refractivity contribution is -0.114. The molecule has 21 heavy (non-hydrogen) atoms. The topological polar surface area (TPSA) is 166 Å². The van der Waals surface area contributed by atoms with E-state index < -0.39 is 26.4 Å². The highest BCUT2D eigenvalue weighted by Gasteiger charge is 2.39. The van der Waals surface area contributed by atoms with Crippen molar-refractivity contribution in [2.45, 2.75) is 25.0 Å². The zero-order valence-electron chi connectivity index (χ0n) is 10.5. The number of hydrogen-bond acceptors (Lipinski definition) is 8. The van der Waals surface area contributed by atoms with Gasteiger partial charge in [-0.15, -0.1) is 0 Å². The van der Waals surface area contributed by atoms with E-state index in [1.54, 1.807) is 0 Å². The number of aliphatic hydroxyl groups excluding tert-OH is 1. The van der Waals surface area contributed by atoms with Crippen LogP contribution in [0.15, 0.2) is 12.7 Å². The van der Waals surface area contributed by atoms with Crippen molar-refractivity contribution in [1.82, 2.24) is 19.5 Å². The molecule has 3 unspecified atom stereocenters. The zero-order valence-corrected chi connectivity index (χ0v) is 11.4. The summed E-state index contributed by atoms with van der Waals surface area (Å²) < 4.78 is 21.9. The molecule has 11 nitrogen and oxygen atoms in total. The molecule has 0 bridgehead atoms. The molecule has 3 atom stereocenters. The Labute approximate surface area is 117 Å². The van der Waals surface area contributed by atoms with Gasteiger partial charge in [0.15, 0.2) is 24.0 Å². The van der Waals surface area contributed by atoms with Gasteiger partial charge in [0.1, 0.15) is 17.9 Å². The Bertz CT molecular complexity index is 716. The summed E-state index contributed by atoms with van der Waals surface area (Å²) in [5.74, 6) is 0.175. The normalized spacial score (nSPS) is 26.5. The lowest BCUT2D eigenvalue weighted by Gasteiger charge is -2.16. The Morgan fingerprint density at radius 3 is 2.90 bits per heavy atom. The molecular formula is C9H12N5O6P. The van der Waals surface area contributed by atoms with Crippen molar-refractivity contribution in [3.63, 3.8) is 0 Å². The van der Waals surface area contributed by atoms with Crippen molar-refractivity contribution < 1.29 is 28.7 Å². The molecule has 3 heterocycles. The van der Waals surface area contributed by atoms with Crippen LogP contribution in [0.3, 0.4) is 0 Å². The van der Waals surface area contributed by atoms with Gasteiger partial charge < -0.3 is 25.4 Å². The summed E-state index contributed by atoms with van der Waals surface area (Å²) in [6.45, 7) is 0. The molecule has 0 aromatic carbocycles. The molecule has 0 spiro atoms. The zero-order chi connectivity index (χ0) is 15.2. The number of anilines is 1. The van der Waals surface area contributed by atoms with Crippen molar-refractivity contribution in [2.75, 3.05) is 5.73 Å². The quantitative estimate of drug-likeness (QED) is 0.522. The maximum absolute atomic E-state index is 10.8. The Morgan fingerprint density at radius 2 is 2.19 bits per heavy atom. The predicted octanol–water partition coefficient (Wildman–Crippen LogP) is -0.876. The summed E-state index contributed by atoms with van der Waals surface area (Å²) in [4.78, 5) is 29.3. The van der Waals surface area contributed by atoms with Gasteiger partial charge in [-0.05, 0) is 0 Å². The van der Waals surface area contributed by atoms with Crippen LogP contribution >= 0.6 is 7.82 Å². The minimum absolute atomic E-state index is 0.101. The van der Waals surface area contributed by atoms with Gasteiger partial charge >= 0.3 is 7.82 Å². The van der Waals surface area contributed by atoms with E-state index in [1.807, 2.05) is 0 Å². The van der Waals surface area contributed by atoms with Crippen molar-refractivity contribution in [3.05, 3.63) is 12.7 Å². The highest BCUT2D eigenvalue weighted by molar-refractivity contribution is 7.46. The number of aromatic nitrogens is 4. The maximum Gasteiger partial charge on any atom is 0.471 e. The number of imidazole rings is 1. The van der Waals surface area contributed by atoms with Crippen molar-refractivity contribution in [1.29, 1.82) is 0 Å². The first kappa shape index (κ1) is 14.3. The number of nitrogens with two attached hydrogens (primary N) is 1. The van der Waals surface area contributed by atoms with E-state index in [9.17, 15) is 9.67 Å². The Hall–Kier alpha value is -1.62. The Morgan fingerprint density at radius 1 is 1.43 bits per heavy atom. The number of ether oxygens (including phenoxy) is 1. The molecule has 0 aliphatic carbocycles. The molecule has 2 aromatic rings. The van der Waals surface area contributed by atoms with Crippen LogP contribution in [0.4, 0.5) is 5.82 Å². The minimum Gasteiger partial charge on any atom is -0.388 e. The van der Waals surface area contributed by atoms with Crippen molar-refractivity contribution >= 4 is 24.8 Å². The number of phosphoric acid groups is 1. The summed E-state index contributed by atoms with van der Waals surface area (Å²) in [6, 6.07) is 0. The largest absolute Gasteiger partial charge is 0.471 e. The van der Waals surface area contributed by atoms with E-state index in [0.29, 0.717) is 11.2 Å². The number of phosphoric ester groups is 1. The molecule has 2 aromatic heterocycles. The van der Waals surface area contributed by atoms with Gasteiger partial charge in [-0.25, -0.2) is 19.5 Å². The third kappa shape index (κ3) is 2.75. The van der Waals surface area contributed by atoms with E-state index in [0.717, 1.165) is 0 Å². The first-order chi connectivity index (χ1) is 9.85. The van der Waals surface area contributed by atoms with Crippen LogP contribution in [0.2, 0.25) is 0 Å². The molecule has 114 valence electrons. The molecule has 0 amide bonds. The van der Waals surface area contributed by atoms with Gasteiger partial charge in [0, 0.05) is 6.42 Å². The summed E-state index contributed by atoms with van der Waals surface area (Å²) in [7, 11) is -4.71. The van der Waals surface area contributed by atoms with E-state index >= 15 is 0 Å². The van der Waals surface area contributed by atoms with Crippen molar-refractivity contribution in [3.8, 4) is 0 Å². The molecule has 0 radical (unpaired) electrons. The summed E-state index contributed by atoms with van der Waals surface area (Å²) >= 11 is 0. The number of nitrogens with zero attached hydrogens (tertiary/aromatic N) is 4. The average Bonchev–Trinajstić information content (AvgIpc) is 2.92. The van der Waals surface area contributed by atoms with Crippen LogP contribution in [0.25, 0.3) is 11.2 Å². The van der Waals surface area contributed by atoms with E-state index in [1.165, 1.54) is 17.2 Å². The van der Waals surface area contributed by atoms with Crippen molar-refractivity contribution in [2.24, 2.45) is 0 Å². The summed E-state index contributed by atoms with van der Waals surface area (Å²) in [5.41, 5.74) is 6.33. The fraction of sp³-hybridized carbons (Fsp3) is 0.444. The molecule has 0 saturated carbocycles. The third-order valence-electron chi connectivity index (χ3n) is 2.97. The second-order valence-corrected chi connectivity index (χ2v) is 5.63. The Balaban J connectivity index is 1.89. The second kappa shape index (κ2) is 4.98. The average molecular weight is 317 g/mol. The lowest BCUT2D eigenvalue weighted by Crippen LogP contribution is -2.19. The maximum atomic E-state index is 10.8. The van der Waals surface area contributed by atoms with Crippen LogP contribution in [-0.4, -0.2) is 46.8 Å². The number of nitrogen functional groups attached to an aromatic ring is 1. The van der Waals surface area contributed by atoms with Crippen LogP contribution in [0.5, 0.6) is 0 Å². The molecular weight excluding hydrogens is 305 g/mol. The van der Waals surface area contributed by atoms with Crippen LogP contribution in [0.1, 0.15) is 12.6 Å². The molecule has 3 rings (SSSR count). The van der Waals surface area contributed by atoms with Gasteiger partial charge in [0.2, 0.25) is 0 Å². The first-order valence-corrected chi connectivity index (χ1v) is 7.38. The molecule has 1 saturated heterocycles. The summed E-state index contributed by atoms with van der Waals surface area (Å²) in [6.07, 6.45) is -0.737. The smallest absolute Gasteiger partial charge is 0.388 e. The fourth-order valence-corrected chi connectivity index (χ4v) is 2.59. The van der Waals surface area contributed by atoms with E-state index in [2.05, 4.69) is 19.5 Å². The number of aliphatic hydroxyl groups is 1. The van der Waals surface area contributed by atoms with Crippen LogP contribution < -0.4 is 5.73 Å². The van der Waals surface area contributed by atoms with E-state index in [-0.39, 0.29) is 12.2 Å². The van der Waals surface area contributed by atoms with Gasteiger partial charge in [-0.3, -0.25) is 9.09 Å². The molecule has 1 fully saturated rings.